The van der Waals surface area contributed by atoms with Crippen molar-refractivity contribution in [2.75, 3.05) is 5.73 Å². The lowest BCUT2D eigenvalue weighted by molar-refractivity contribution is 1.33. The monoisotopic (exact) mass is 311 g/mol. The molecule has 0 saturated heterocycles. The van der Waals surface area contributed by atoms with Crippen molar-refractivity contribution in [3.63, 3.8) is 0 Å². The maximum atomic E-state index is 6.50. The summed E-state index contributed by atoms with van der Waals surface area (Å²) in [6.45, 7) is 6.56. The van der Waals surface area contributed by atoms with Crippen molar-refractivity contribution in [1.29, 1.82) is 0 Å². The van der Waals surface area contributed by atoms with E-state index in [1.807, 2.05) is 0 Å². The summed E-state index contributed by atoms with van der Waals surface area (Å²) in [6.07, 6.45) is 0. The van der Waals surface area contributed by atoms with Crippen LogP contribution in [0.1, 0.15) is 16.7 Å². The van der Waals surface area contributed by atoms with Crippen molar-refractivity contribution < 1.29 is 0 Å². The van der Waals surface area contributed by atoms with Crippen LogP contribution in [0.5, 0.6) is 0 Å². The molecule has 0 aromatic heterocycles. The van der Waals surface area contributed by atoms with E-state index >= 15 is 0 Å². The van der Waals surface area contributed by atoms with Crippen LogP contribution < -0.4 is 5.73 Å². The molecule has 0 unspecified atom stereocenters. The third kappa shape index (κ3) is 2.09. The smallest absolute Gasteiger partial charge is 0.0473 e. The zero-order valence-electron chi connectivity index (χ0n) is 14.4. The molecule has 24 heavy (non-hydrogen) atoms. The van der Waals surface area contributed by atoms with E-state index in [0.717, 1.165) is 16.5 Å². The highest BCUT2D eigenvalue weighted by Crippen LogP contribution is 2.42. The maximum absolute atomic E-state index is 6.50. The summed E-state index contributed by atoms with van der Waals surface area (Å²) in [6, 6.07) is 21.5. The van der Waals surface area contributed by atoms with Crippen molar-refractivity contribution in [2.24, 2.45) is 0 Å². The number of anilines is 1. The molecule has 0 aliphatic rings. The topological polar surface area (TPSA) is 26.0 Å². The lowest BCUT2D eigenvalue weighted by Crippen LogP contribution is -1.96. The first-order valence-corrected chi connectivity index (χ1v) is 8.35. The van der Waals surface area contributed by atoms with Gasteiger partial charge in [-0.1, -0.05) is 66.2 Å². The Kier molecular flexibility index (Phi) is 3.31. The minimum atomic E-state index is 0.868. The van der Waals surface area contributed by atoms with E-state index in [1.165, 1.54) is 38.6 Å². The highest BCUT2D eigenvalue weighted by molar-refractivity contribution is 6.20. The van der Waals surface area contributed by atoms with Crippen LogP contribution >= 0.6 is 0 Å². The number of benzene rings is 4. The van der Waals surface area contributed by atoms with Crippen LogP contribution in [0.2, 0.25) is 0 Å². The predicted molar refractivity (Wildman–Crippen MR) is 106 cm³/mol. The van der Waals surface area contributed by atoms with Gasteiger partial charge in [0.1, 0.15) is 0 Å². The van der Waals surface area contributed by atoms with Crippen molar-refractivity contribution in [3.05, 3.63) is 77.4 Å². The first kappa shape index (κ1) is 14.8. The second kappa shape index (κ2) is 5.38. The van der Waals surface area contributed by atoms with E-state index in [-0.39, 0.29) is 0 Å². The molecule has 0 aliphatic heterocycles. The van der Waals surface area contributed by atoms with Gasteiger partial charge in [-0.3, -0.25) is 0 Å². The standard InChI is InChI=1S/C23H21N/c1-14-12-15(2)21(16(3)13-14)22-17-8-4-6-10-19(17)23(24)20-11-7-5-9-18(20)22/h4-13H,24H2,1-3H3. The Labute approximate surface area is 142 Å². The van der Waals surface area contributed by atoms with Crippen LogP contribution in [-0.2, 0) is 0 Å². The Morgan fingerprint density at radius 2 is 1.00 bits per heavy atom. The van der Waals surface area contributed by atoms with Crippen LogP contribution in [0.25, 0.3) is 32.7 Å². The molecule has 0 radical (unpaired) electrons. The molecule has 4 rings (SSSR count). The molecular weight excluding hydrogens is 290 g/mol. The highest BCUT2D eigenvalue weighted by atomic mass is 14.6. The van der Waals surface area contributed by atoms with Gasteiger partial charge in [0.15, 0.2) is 0 Å². The van der Waals surface area contributed by atoms with Gasteiger partial charge in [-0.15, -0.1) is 0 Å². The fourth-order valence-corrected chi connectivity index (χ4v) is 4.01. The van der Waals surface area contributed by atoms with Gasteiger partial charge in [-0.25, -0.2) is 0 Å². The Balaban J connectivity index is 2.28. The third-order valence-corrected chi connectivity index (χ3v) is 4.90. The van der Waals surface area contributed by atoms with Crippen LogP contribution in [0.3, 0.4) is 0 Å². The first-order valence-electron chi connectivity index (χ1n) is 8.35. The average molecular weight is 311 g/mol. The minimum Gasteiger partial charge on any atom is -0.398 e. The van der Waals surface area contributed by atoms with E-state index in [1.54, 1.807) is 0 Å². The number of fused-ring (bicyclic) bond motifs is 2. The molecule has 4 aromatic carbocycles. The molecule has 118 valence electrons. The van der Waals surface area contributed by atoms with E-state index in [4.69, 9.17) is 5.73 Å². The summed E-state index contributed by atoms with van der Waals surface area (Å²) in [5.74, 6) is 0. The van der Waals surface area contributed by atoms with Crippen LogP contribution in [-0.4, -0.2) is 0 Å². The van der Waals surface area contributed by atoms with Gasteiger partial charge in [0.05, 0.1) is 0 Å². The highest BCUT2D eigenvalue weighted by Gasteiger charge is 2.16. The largest absolute Gasteiger partial charge is 0.398 e. The van der Waals surface area contributed by atoms with Crippen LogP contribution in [0.15, 0.2) is 60.7 Å². The van der Waals surface area contributed by atoms with Gasteiger partial charge in [0, 0.05) is 16.5 Å². The molecule has 0 fully saturated rings. The second-order valence-electron chi connectivity index (χ2n) is 6.65. The summed E-state index contributed by atoms with van der Waals surface area (Å²) in [5, 5.41) is 4.71. The molecule has 2 N–H and O–H groups in total. The van der Waals surface area contributed by atoms with Gasteiger partial charge in [0.25, 0.3) is 0 Å². The number of nitrogens with two attached hydrogens (primary N) is 1. The molecule has 0 amide bonds. The number of aryl methyl sites for hydroxylation is 3. The molecule has 1 heteroatoms. The molecule has 0 aliphatic carbocycles. The molecule has 4 aromatic rings. The summed E-state index contributed by atoms with van der Waals surface area (Å²) >= 11 is 0. The SMILES string of the molecule is Cc1cc(C)c(-c2c3ccccc3c(N)c3ccccc23)c(C)c1. The van der Waals surface area contributed by atoms with E-state index in [2.05, 4.69) is 81.4 Å². The van der Waals surface area contributed by atoms with Crippen molar-refractivity contribution in [1.82, 2.24) is 0 Å². The third-order valence-electron chi connectivity index (χ3n) is 4.90. The van der Waals surface area contributed by atoms with Crippen molar-refractivity contribution in [3.8, 4) is 11.1 Å². The number of hydrogen-bond acceptors (Lipinski definition) is 1. The Morgan fingerprint density at radius 3 is 1.46 bits per heavy atom. The molecular formula is C23H21N. The van der Waals surface area contributed by atoms with Gasteiger partial charge in [-0.05, 0) is 53.8 Å². The minimum absolute atomic E-state index is 0.868. The Bertz CT molecular complexity index is 1010. The maximum Gasteiger partial charge on any atom is 0.0473 e. The molecule has 1 nitrogen and oxygen atoms in total. The second-order valence-corrected chi connectivity index (χ2v) is 6.65. The van der Waals surface area contributed by atoms with Gasteiger partial charge in [-0.2, -0.15) is 0 Å². The van der Waals surface area contributed by atoms with E-state index in [9.17, 15) is 0 Å². The number of nitrogen functional groups attached to an aromatic ring is 1. The van der Waals surface area contributed by atoms with Gasteiger partial charge in [0.2, 0.25) is 0 Å². The molecule has 0 heterocycles. The van der Waals surface area contributed by atoms with Crippen molar-refractivity contribution in [2.45, 2.75) is 20.8 Å². The summed E-state index contributed by atoms with van der Waals surface area (Å²) in [4.78, 5) is 0. The normalized spacial score (nSPS) is 11.3. The Hall–Kier alpha value is -2.80. The lowest BCUT2D eigenvalue weighted by Gasteiger charge is -2.18. The van der Waals surface area contributed by atoms with Crippen LogP contribution in [0.4, 0.5) is 5.69 Å². The fraction of sp³-hybridized carbons (Fsp3) is 0.130. The zero-order chi connectivity index (χ0) is 16.8. The van der Waals surface area contributed by atoms with Gasteiger partial charge >= 0.3 is 0 Å². The summed E-state index contributed by atoms with van der Waals surface area (Å²) in [5.41, 5.74) is 13.9. The predicted octanol–water partition coefficient (Wildman–Crippen LogP) is 6.17. The summed E-state index contributed by atoms with van der Waals surface area (Å²) in [7, 11) is 0. The molecule has 0 atom stereocenters. The number of rotatable bonds is 1. The zero-order valence-corrected chi connectivity index (χ0v) is 14.4. The quantitative estimate of drug-likeness (QED) is 0.330. The van der Waals surface area contributed by atoms with Crippen molar-refractivity contribution >= 4 is 27.2 Å². The Morgan fingerprint density at radius 1 is 0.583 bits per heavy atom. The fourth-order valence-electron chi connectivity index (χ4n) is 4.01. The molecule has 0 saturated carbocycles. The van der Waals surface area contributed by atoms with E-state index in [0.29, 0.717) is 0 Å². The van der Waals surface area contributed by atoms with E-state index < -0.39 is 0 Å². The average Bonchev–Trinajstić information content (AvgIpc) is 2.57. The van der Waals surface area contributed by atoms with Crippen LogP contribution in [0, 0.1) is 20.8 Å². The number of hydrogen-bond donors (Lipinski definition) is 1. The molecule has 0 spiro atoms. The lowest BCUT2D eigenvalue weighted by atomic mass is 9.86. The molecule has 0 bridgehead atoms. The van der Waals surface area contributed by atoms with Gasteiger partial charge < -0.3 is 5.73 Å². The first-order chi connectivity index (χ1) is 11.6. The summed E-state index contributed by atoms with van der Waals surface area (Å²) < 4.78 is 0.